The van der Waals surface area contributed by atoms with Gasteiger partial charge in [-0.2, -0.15) is 0 Å². The molecule has 1 aliphatic rings. The minimum absolute atomic E-state index is 0.110. The van der Waals surface area contributed by atoms with Gasteiger partial charge in [-0.25, -0.2) is 0 Å². The topological polar surface area (TPSA) is 49.4 Å². The Kier molecular flexibility index (Phi) is 4.59. The van der Waals surface area contributed by atoms with E-state index in [1.807, 2.05) is 0 Å². The number of rotatable bonds is 5. The molecule has 0 aromatic heterocycles. The van der Waals surface area contributed by atoms with Crippen molar-refractivity contribution >= 4 is 11.8 Å². The predicted octanol–water partition coefficient (Wildman–Crippen LogP) is 0.771. The highest BCUT2D eigenvalue weighted by molar-refractivity contribution is 5.79. The van der Waals surface area contributed by atoms with Gasteiger partial charge in [-0.3, -0.25) is 9.59 Å². The number of carbonyl (C=O) groups excluding carboxylic acids is 2. The van der Waals surface area contributed by atoms with E-state index in [0.29, 0.717) is 25.3 Å². The third-order valence-electron chi connectivity index (χ3n) is 2.77. The van der Waals surface area contributed by atoms with Crippen molar-refractivity contribution in [2.75, 3.05) is 20.1 Å². The molecule has 1 saturated heterocycles. The van der Waals surface area contributed by atoms with Crippen molar-refractivity contribution in [1.29, 1.82) is 0 Å². The Bertz CT molecular complexity index is 241. The van der Waals surface area contributed by atoms with Gasteiger partial charge in [0.05, 0.1) is 0 Å². The van der Waals surface area contributed by atoms with Gasteiger partial charge in [0.1, 0.15) is 0 Å². The highest BCUT2D eigenvalue weighted by Gasteiger charge is 2.26. The van der Waals surface area contributed by atoms with Crippen molar-refractivity contribution in [3.05, 3.63) is 0 Å². The van der Waals surface area contributed by atoms with Gasteiger partial charge in [0, 0.05) is 38.9 Å². The van der Waals surface area contributed by atoms with Gasteiger partial charge >= 0.3 is 0 Å². The van der Waals surface area contributed by atoms with E-state index in [1.165, 1.54) is 0 Å². The maximum absolute atomic E-state index is 11.3. The SMILES string of the molecule is CCCCC(=O)NCC1CC(=O)N(C)C1. The highest BCUT2D eigenvalue weighted by Crippen LogP contribution is 2.14. The van der Waals surface area contributed by atoms with E-state index in [-0.39, 0.29) is 11.8 Å². The van der Waals surface area contributed by atoms with Gasteiger partial charge < -0.3 is 10.2 Å². The monoisotopic (exact) mass is 212 g/mol. The Labute approximate surface area is 91.0 Å². The zero-order chi connectivity index (χ0) is 11.3. The molecule has 1 unspecified atom stereocenters. The summed E-state index contributed by atoms with van der Waals surface area (Å²) in [6, 6.07) is 0. The molecule has 1 N–H and O–H groups in total. The molecular weight excluding hydrogens is 192 g/mol. The fourth-order valence-electron chi connectivity index (χ4n) is 1.78. The molecule has 1 aliphatic heterocycles. The van der Waals surface area contributed by atoms with E-state index >= 15 is 0 Å². The summed E-state index contributed by atoms with van der Waals surface area (Å²) < 4.78 is 0. The first kappa shape index (κ1) is 12.0. The van der Waals surface area contributed by atoms with Crippen molar-refractivity contribution in [3.63, 3.8) is 0 Å². The second kappa shape index (κ2) is 5.73. The number of carbonyl (C=O) groups is 2. The van der Waals surface area contributed by atoms with Crippen LogP contribution in [0.2, 0.25) is 0 Å². The Morgan fingerprint density at radius 1 is 1.60 bits per heavy atom. The summed E-state index contributed by atoms with van der Waals surface area (Å²) in [4.78, 5) is 24.3. The van der Waals surface area contributed by atoms with Crippen molar-refractivity contribution < 1.29 is 9.59 Å². The molecule has 0 aromatic carbocycles. The maximum Gasteiger partial charge on any atom is 0.222 e. The van der Waals surface area contributed by atoms with E-state index in [0.717, 1.165) is 19.4 Å². The maximum atomic E-state index is 11.3. The normalized spacial score (nSPS) is 20.8. The van der Waals surface area contributed by atoms with Crippen LogP contribution in [0, 0.1) is 5.92 Å². The van der Waals surface area contributed by atoms with Gasteiger partial charge in [-0.1, -0.05) is 13.3 Å². The number of hydrogen-bond donors (Lipinski definition) is 1. The molecule has 0 spiro atoms. The Morgan fingerprint density at radius 2 is 2.33 bits per heavy atom. The molecule has 1 rings (SSSR count). The number of hydrogen-bond acceptors (Lipinski definition) is 2. The molecule has 0 bridgehead atoms. The number of amides is 2. The van der Waals surface area contributed by atoms with E-state index in [4.69, 9.17) is 0 Å². The van der Waals surface area contributed by atoms with E-state index < -0.39 is 0 Å². The lowest BCUT2D eigenvalue weighted by molar-refractivity contribution is -0.126. The van der Waals surface area contributed by atoms with E-state index in [2.05, 4.69) is 12.2 Å². The average Bonchev–Trinajstić information content (AvgIpc) is 2.52. The standard InChI is InChI=1S/C11H20N2O2/c1-3-4-5-10(14)12-7-9-6-11(15)13(2)8-9/h9H,3-8H2,1-2H3,(H,12,14). The quantitative estimate of drug-likeness (QED) is 0.732. The lowest BCUT2D eigenvalue weighted by Gasteiger charge is -2.11. The van der Waals surface area contributed by atoms with Crippen LogP contribution < -0.4 is 5.32 Å². The molecule has 1 heterocycles. The van der Waals surface area contributed by atoms with Gasteiger partial charge in [0.15, 0.2) is 0 Å². The second-order valence-corrected chi connectivity index (χ2v) is 4.25. The molecule has 1 atom stereocenters. The first-order valence-corrected chi connectivity index (χ1v) is 5.64. The van der Waals surface area contributed by atoms with Crippen LogP contribution in [0.3, 0.4) is 0 Å². The molecule has 2 amide bonds. The molecular formula is C11H20N2O2. The summed E-state index contributed by atoms with van der Waals surface area (Å²) in [7, 11) is 1.81. The molecule has 0 saturated carbocycles. The number of unbranched alkanes of at least 4 members (excludes halogenated alkanes) is 1. The van der Waals surface area contributed by atoms with Crippen LogP contribution in [0.25, 0.3) is 0 Å². The van der Waals surface area contributed by atoms with E-state index in [9.17, 15) is 9.59 Å². The van der Waals surface area contributed by atoms with Gasteiger partial charge in [0.25, 0.3) is 0 Å². The summed E-state index contributed by atoms with van der Waals surface area (Å²) in [5, 5.41) is 2.88. The van der Waals surface area contributed by atoms with Crippen LogP contribution in [-0.4, -0.2) is 36.9 Å². The Morgan fingerprint density at radius 3 is 2.87 bits per heavy atom. The summed E-state index contributed by atoms with van der Waals surface area (Å²) in [5.41, 5.74) is 0. The lowest BCUT2D eigenvalue weighted by atomic mass is 10.1. The Balaban J connectivity index is 2.15. The van der Waals surface area contributed by atoms with Crippen molar-refractivity contribution in [1.82, 2.24) is 10.2 Å². The largest absolute Gasteiger partial charge is 0.356 e. The van der Waals surface area contributed by atoms with Crippen molar-refractivity contribution in [2.24, 2.45) is 5.92 Å². The molecule has 4 heteroatoms. The van der Waals surface area contributed by atoms with Crippen LogP contribution in [0.1, 0.15) is 32.6 Å². The first-order valence-electron chi connectivity index (χ1n) is 5.64. The molecule has 4 nitrogen and oxygen atoms in total. The molecule has 1 fully saturated rings. The predicted molar refractivity (Wildman–Crippen MR) is 58.3 cm³/mol. The van der Waals surface area contributed by atoms with Gasteiger partial charge in [0.2, 0.25) is 11.8 Å². The summed E-state index contributed by atoms with van der Waals surface area (Å²) in [5.74, 6) is 0.592. The van der Waals surface area contributed by atoms with E-state index in [1.54, 1.807) is 11.9 Å². The molecule has 0 aliphatic carbocycles. The molecule has 15 heavy (non-hydrogen) atoms. The smallest absolute Gasteiger partial charge is 0.222 e. The number of nitrogens with one attached hydrogen (secondary N) is 1. The fraction of sp³-hybridized carbons (Fsp3) is 0.818. The zero-order valence-corrected chi connectivity index (χ0v) is 9.58. The summed E-state index contributed by atoms with van der Waals surface area (Å²) in [6.07, 6.45) is 3.16. The van der Waals surface area contributed by atoms with Crippen molar-refractivity contribution in [2.45, 2.75) is 32.6 Å². The van der Waals surface area contributed by atoms with Crippen LogP contribution in [0.4, 0.5) is 0 Å². The second-order valence-electron chi connectivity index (χ2n) is 4.25. The first-order chi connectivity index (χ1) is 7.13. The average molecular weight is 212 g/mol. The highest BCUT2D eigenvalue weighted by atomic mass is 16.2. The van der Waals surface area contributed by atoms with Crippen LogP contribution in [-0.2, 0) is 9.59 Å². The van der Waals surface area contributed by atoms with Gasteiger partial charge in [-0.15, -0.1) is 0 Å². The minimum atomic E-state index is 0.110. The number of nitrogens with zero attached hydrogens (tertiary/aromatic N) is 1. The van der Waals surface area contributed by atoms with Crippen molar-refractivity contribution in [3.8, 4) is 0 Å². The summed E-state index contributed by atoms with van der Waals surface area (Å²) in [6.45, 7) is 3.48. The summed E-state index contributed by atoms with van der Waals surface area (Å²) >= 11 is 0. The molecule has 0 aromatic rings. The van der Waals surface area contributed by atoms with Gasteiger partial charge in [-0.05, 0) is 6.42 Å². The Hall–Kier alpha value is -1.06. The number of likely N-dealkylation sites (tertiary alicyclic amines) is 1. The molecule has 0 radical (unpaired) electrons. The lowest BCUT2D eigenvalue weighted by Crippen LogP contribution is -2.30. The fourth-order valence-corrected chi connectivity index (χ4v) is 1.78. The third-order valence-corrected chi connectivity index (χ3v) is 2.77. The van der Waals surface area contributed by atoms with Crippen LogP contribution in [0.15, 0.2) is 0 Å². The molecule has 86 valence electrons. The van der Waals surface area contributed by atoms with Crippen LogP contribution >= 0.6 is 0 Å². The third kappa shape index (κ3) is 3.90. The van der Waals surface area contributed by atoms with Crippen LogP contribution in [0.5, 0.6) is 0 Å². The minimum Gasteiger partial charge on any atom is -0.356 e. The zero-order valence-electron chi connectivity index (χ0n) is 9.58.